The number of aromatic nitrogens is 2. The van der Waals surface area contributed by atoms with Crippen LogP contribution in [0.1, 0.15) is 32.1 Å². The number of carbonyl (C=O) groups excluding carboxylic acids is 2. The van der Waals surface area contributed by atoms with E-state index in [2.05, 4.69) is 14.9 Å². The fraction of sp³-hybridized carbons (Fsp3) is 0.154. The maximum absolute atomic E-state index is 12.4. The van der Waals surface area contributed by atoms with Crippen molar-refractivity contribution in [2.75, 3.05) is 7.11 Å². The lowest BCUT2D eigenvalue weighted by Gasteiger charge is -2.04. The van der Waals surface area contributed by atoms with E-state index in [0.29, 0.717) is 16.3 Å². The van der Waals surface area contributed by atoms with Crippen LogP contribution < -0.4 is 0 Å². The van der Waals surface area contributed by atoms with Crippen LogP contribution in [-0.2, 0) is 4.74 Å². The number of H-pyrrole nitrogens is 1. The van der Waals surface area contributed by atoms with Crippen LogP contribution in [0.3, 0.4) is 0 Å². The predicted octanol–water partition coefficient (Wildman–Crippen LogP) is 2.39. The Bertz CT molecular complexity index is 649. The topological polar surface area (TPSA) is 72.0 Å². The van der Waals surface area contributed by atoms with Gasteiger partial charge in [-0.15, -0.1) is 0 Å². The van der Waals surface area contributed by atoms with Crippen molar-refractivity contribution in [2.45, 2.75) is 6.92 Å². The first-order valence-corrected chi connectivity index (χ1v) is 5.86. The lowest BCUT2D eigenvalue weighted by atomic mass is 10.0. The van der Waals surface area contributed by atoms with Gasteiger partial charge in [-0.1, -0.05) is 23.7 Å². The van der Waals surface area contributed by atoms with Gasteiger partial charge in [0.2, 0.25) is 0 Å². The first-order chi connectivity index (χ1) is 9.06. The van der Waals surface area contributed by atoms with Gasteiger partial charge in [-0.3, -0.25) is 9.89 Å². The molecule has 0 unspecified atom stereocenters. The zero-order valence-electron chi connectivity index (χ0n) is 10.4. The number of hydrogen-bond acceptors (Lipinski definition) is 4. The average Bonchev–Trinajstić information content (AvgIpc) is 2.79. The van der Waals surface area contributed by atoms with Gasteiger partial charge in [0.1, 0.15) is 0 Å². The number of ether oxygens (including phenoxy) is 1. The minimum atomic E-state index is -0.667. The van der Waals surface area contributed by atoms with E-state index in [1.54, 1.807) is 31.2 Å². The first-order valence-electron chi connectivity index (χ1n) is 5.48. The summed E-state index contributed by atoms with van der Waals surface area (Å²) in [6.45, 7) is 1.66. The largest absolute Gasteiger partial charge is 0.464 e. The molecule has 98 valence electrons. The highest BCUT2D eigenvalue weighted by atomic mass is 35.5. The number of benzene rings is 1. The zero-order valence-corrected chi connectivity index (χ0v) is 11.1. The molecule has 2 aromatic rings. The molecule has 0 bridgehead atoms. The smallest absolute Gasteiger partial charge is 0.359 e. The van der Waals surface area contributed by atoms with Crippen molar-refractivity contribution in [3.05, 3.63) is 51.8 Å². The minimum absolute atomic E-state index is 0.0371. The Morgan fingerprint density at radius 3 is 2.63 bits per heavy atom. The summed E-state index contributed by atoms with van der Waals surface area (Å²) >= 11 is 5.99. The number of carbonyl (C=O) groups is 2. The molecule has 2 rings (SSSR count). The Balaban J connectivity index is 2.54. The van der Waals surface area contributed by atoms with Gasteiger partial charge >= 0.3 is 5.97 Å². The summed E-state index contributed by atoms with van der Waals surface area (Å²) in [6.07, 6.45) is 0. The first kappa shape index (κ1) is 13.3. The quantitative estimate of drug-likeness (QED) is 0.691. The monoisotopic (exact) mass is 278 g/mol. The molecule has 0 aliphatic rings. The van der Waals surface area contributed by atoms with Crippen LogP contribution >= 0.6 is 11.6 Å². The van der Waals surface area contributed by atoms with Crippen LogP contribution in [0.4, 0.5) is 0 Å². The van der Waals surface area contributed by atoms with E-state index in [4.69, 9.17) is 11.6 Å². The van der Waals surface area contributed by atoms with Crippen molar-refractivity contribution in [3.63, 3.8) is 0 Å². The fourth-order valence-corrected chi connectivity index (χ4v) is 1.95. The molecule has 0 aliphatic heterocycles. The highest BCUT2D eigenvalue weighted by Crippen LogP contribution is 2.22. The summed E-state index contributed by atoms with van der Waals surface area (Å²) in [5.74, 6) is -1.03. The number of aromatic amines is 1. The highest BCUT2D eigenvalue weighted by Gasteiger charge is 2.25. The zero-order chi connectivity index (χ0) is 14.0. The van der Waals surface area contributed by atoms with E-state index in [-0.39, 0.29) is 17.0 Å². The van der Waals surface area contributed by atoms with Crippen LogP contribution in [0.5, 0.6) is 0 Å². The summed E-state index contributed by atoms with van der Waals surface area (Å²) in [6, 6.07) is 6.63. The number of nitrogens with zero attached hydrogens (tertiary/aromatic N) is 1. The number of halogens is 1. The molecule has 0 saturated carbocycles. The Labute approximate surface area is 114 Å². The summed E-state index contributed by atoms with van der Waals surface area (Å²) < 4.78 is 4.60. The van der Waals surface area contributed by atoms with Gasteiger partial charge in [-0.2, -0.15) is 5.10 Å². The van der Waals surface area contributed by atoms with E-state index in [9.17, 15) is 9.59 Å². The number of ketones is 1. The van der Waals surface area contributed by atoms with E-state index in [0.717, 1.165) is 0 Å². The lowest BCUT2D eigenvalue weighted by Crippen LogP contribution is -2.11. The molecule has 0 spiro atoms. The molecule has 6 heteroatoms. The van der Waals surface area contributed by atoms with Crippen molar-refractivity contribution in [3.8, 4) is 0 Å². The third-order valence-electron chi connectivity index (χ3n) is 2.67. The van der Waals surface area contributed by atoms with Crippen LogP contribution in [0.15, 0.2) is 24.3 Å². The Hall–Kier alpha value is -2.14. The Morgan fingerprint density at radius 2 is 2.00 bits per heavy atom. The van der Waals surface area contributed by atoms with Gasteiger partial charge in [0.15, 0.2) is 11.5 Å². The summed E-state index contributed by atoms with van der Waals surface area (Å²) in [7, 11) is 1.23. The van der Waals surface area contributed by atoms with Crippen LogP contribution in [-0.4, -0.2) is 29.1 Å². The molecule has 19 heavy (non-hydrogen) atoms. The average molecular weight is 279 g/mol. The van der Waals surface area contributed by atoms with Crippen molar-refractivity contribution >= 4 is 23.4 Å². The van der Waals surface area contributed by atoms with E-state index in [1.165, 1.54) is 7.11 Å². The van der Waals surface area contributed by atoms with Gasteiger partial charge in [-0.25, -0.2) is 4.79 Å². The van der Waals surface area contributed by atoms with E-state index >= 15 is 0 Å². The van der Waals surface area contributed by atoms with E-state index in [1.807, 2.05) is 0 Å². The number of nitrogens with one attached hydrogen (secondary N) is 1. The maximum Gasteiger partial charge on any atom is 0.359 e. The lowest BCUT2D eigenvalue weighted by molar-refractivity contribution is 0.0591. The van der Waals surface area contributed by atoms with Gasteiger partial charge in [0.25, 0.3) is 0 Å². The van der Waals surface area contributed by atoms with Gasteiger partial charge < -0.3 is 4.74 Å². The van der Waals surface area contributed by atoms with Crippen molar-refractivity contribution in [1.82, 2.24) is 10.2 Å². The van der Waals surface area contributed by atoms with Gasteiger partial charge in [0.05, 0.1) is 17.7 Å². The number of rotatable bonds is 3. The minimum Gasteiger partial charge on any atom is -0.464 e. The summed E-state index contributed by atoms with van der Waals surface area (Å²) in [4.78, 5) is 24.0. The number of aryl methyl sites for hydroxylation is 1. The fourth-order valence-electron chi connectivity index (χ4n) is 1.73. The Kier molecular flexibility index (Phi) is 3.66. The highest BCUT2D eigenvalue weighted by molar-refractivity contribution is 6.35. The molecule has 0 amide bonds. The van der Waals surface area contributed by atoms with Crippen LogP contribution in [0.2, 0.25) is 5.02 Å². The van der Waals surface area contributed by atoms with Crippen LogP contribution in [0, 0.1) is 6.92 Å². The number of esters is 1. The molecular formula is C13H11ClN2O3. The maximum atomic E-state index is 12.4. The summed E-state index contributed by atoms with van der Waals surface area (Å²) in [5, 5.41) is 6.73. The predicted molar refractivity (Wildman–Crippen MR) is 69.5 cm³/mol. The second kappa shape index (κ2) is 5.24. The molecular weight excluding hydrogens is 268 g/mol. The SMILES string of the molecule is COC(=O)c1n[nH]c(C)c1C(=O)c1ccccc1Cl. The molecule has 0 saturated heterocycles. The second-order valence-corrected chi connectivity index (χ2v) is 4.28. The third kappa shape index (κ3) is 2.37. The van der Waals surface area contributed by atoms with Gasteiger partial charge in [0, 0.05) is 11.3 Å². The normalized spacial score (nSPS) is 10.3. The molecule has 1 heterocycles. The molecule has 1 N–H and O–H groups in total. The Morgan fingerprint density at radius 1 is 1.32 bits per heavy atom. The standard InChI is InChI=1S/C13H11ClN2O3/c1-7-10(11(16-15-7)13(18)19-2)12(17)8-5-3-4-6-9(8)14/h3-6H,1-2H3,(H,15,16). The van der Waals surface area contributed by atoms with Crippen molar-refractivity contribution in [1.29, 1.82) is 0 Å². The molecule has 0 atom stereocenters. The molecule has 0 fully saturated rings. The van der Waals surface area contributed by atoms with Crippen molar-refractivity contribution in [2.24, 2.45) is 0 Å². The second-order valence-electron chi connectivity index (χ2n) is 3.87. The number of hydrogen-bond donors (Lipinski definition) is 1. The summed E-state index contributed by atoms with van der Waals surface area (Å²) in [5.41, 5.74) is 0.953. The van der Waals surface area contributed by atoms with Crippen LogP contribution in [0.25, 0.3) is 0 Å². The molecule has 1 aromatic heterocycles. The third-order valence-corrected chi connectivity index (χ3v) is 3.00. The van der Waals surface area contributed by atoms with Crippen molar-refractivity contribution < 1.29 is 14.3 Å². The number of methoxy groups -OCH3 is 1. The molecule has 0 aliphatic carbocycles. The van der Waals surface area contributed by atoms with Gasteiger partial charge in [-0.05, 0) is 19.1 Å². The molecule has 5 nitrogen and oxygen atoms in total. The molecule has 1 aromatic carbocycles. The van der Waals surface area contributed by atoms with E-state index < -0.39 is 5.97 Å². The molecule has 0 radical (unpaired) electrons.